The molecular weight excluding hydrogens is 1100 g/mol. The van der Waals surface area contributed by atoms with Gasteiger partial charge < -0.3 is 71.0 Å². The van der Waals surface area contributed by atoms with Gasteiger partial charge in [-0.1, -0.05) is 107 Å². The van der Waals surface area contributed by atoms with Crippen LogP contribution in [0.25, 0.3) is 0 Å². The van der Waals surface area contributed by atoms with E-state index >= 15 is 0 Å². The minimum atomic E-state index is -1.65. The van der Waals surface area contributed by atoms with E-state index in [0.717, 1.165) is 4.90 Å². The van der Waals surface area contributed by atoms with Gasteiger partial charge in [0.2, 0.25) is 41.4 Å². The lowest BCUT2D eigenvalue weighted by atomic mass is 9.89. The van der Waals surface area contributed by atoms with Gasteiger partial charge in [0, 0.05) is 40.5 Å². The molecule has 1 unspecified atom stereocenters. The summed E-state index contributed by atoms with van der Waals surface area (Å²) in [6.45, 7) is 13.0. The Hall–Kier alpha value is -6.34. The van der Waals surface area contributed by atoms with Crippen molar-refractivity contribution < 1.29 is 77.8 Å². The Morgan fingerprint density at radius 2 is 1.33 bits per heavy atom. The Morgan fingerprint density at radius 1 is 0.723 bits per heavy atom. The number of carboxylic acids is 1. The number of hydrogen-bond acceptors (Lipinski definition) is 16. The van der Waals surface area contributed by atoms with Crippen molar-refractivity contribution in [1.82, 2.24) is 41.1 Å². The molecule has 1 saturated heterocycles. The highest BCUT2D eigenvalue weighted by atomic mass is 31.0. The SMILES string of the molecule is CC[C@H](C)[C@@H]([C@@H](CC(=O)N1CCC[C@H]1[C@H](OC)[C@@H](C)C(=O)N[C@H](C)[C@@H](O)c1ccccc1)OC)N(C)C(=O)[C@@H](NC(=O)[C@H](C(C)C)N(C)C(=O)OCc1ccc(NC(=O)[C@H](CC(=O)O)NC(=O)[C@H](CO)NC(=O)[C@@H](CO)NP)cc1)C(C)C. The molecule has 0 aliphatic carbocycles. The predicted molar refractivity (Wildman–Crippen MR) is 310 cm³/mol. The first-order valence-corrected chi connectivity index (χ1v) is 28.5. The van der Waals surface area contributed by atoms with Gasteiger partial charge >= 0.3 is 12.1 Å². The number of likely N-dealkylation sites (tertiary alicyclic amines) is 1. The van der Waals surface area contributed by atoms with E-state index in [0.29, 0.717) is 36.9 Å². The second-order valence-electron chi connectivity index (χ2n) is 21.8. The normalized spacial score (nSPS) is 17.7. The summed E-state index contributed by atoms with van der Waals surface area (Å²) in [4.78, 5) is 125. The van der Waals surface area contributed by atoms with E-state index in [1.165, 1.54) is 50.4 Å². The molecule has 1 aliphatic heterocycles. The summed E-state index contributed by atoms with van der Waals surface area (Å²) >= 11 is 0. The van der Waals surface area contributed by atoms with Crippen LogP contribution in [0.15, 0.2) is 54.6 Å². The van der Waals surface area contributed by atoms with Crippen molar-refractivity contribution in [1.29, 1.82) is 0 Å². The van der Waals surface area contributed by atoms with E-state index in [4.69, 9.17) is 14.2 Å². The molecule has 2 aromatic carbocycles. The number of amides is 8. The number of rotatable bonds is 33. The van der Waals surface area contributed by atoms with Gasteiger partial charge in [0.25, 0.3) is 0 Å². The zero-order valence-corrected chi connectivity index (χ0v) is 51.0. The first-order valence-electron chi connectivity index (χ1n) is 28.0. The van der Waals surface area contributed by atoms with Crippen LogP contribution >= 0.6 is 9.39 Å². The first-order chi connectivity index (χ1) is 39.2. The third-order valence-electron chi connectivity index (χ3n) is 15.2. The number of carbonyl (C=O) groups excluding carboxylic acids is 8. The summed E-state index contributed by atoms with van der Waals surface area (Å²) in [5, 5.41) is 54.7. The van der Waals surface area contributed by atoms with Crippen LogP contribution in [0, 0.1) is 23.7 Å². The molecule has 0 aromatic heterocycles. The molecule has 1 heterocycles. The number of nitrogens with zero attached hydrogens (tertiary/aromatic N) is 3. The maximum atomic E-state index is 14.7. The van der Waals surface area contributed by atoms with Crippen molar-refractivity contribution in [2.75, 3.05) is 53.4 Å². The largest absolute Gasteiger partial charge is 0.481 e. The highest BCUT2D eigenvalue weighted by Gasteiger charge is 2.44. The lowest BCUT2D eigenvalue weighted by molar-refractivity contribution is -0.148. The van der Waals surface area contributed by atoms with Crippen LogP contribution in [0.2, 0.25) is 0 Å². The topological polar surface area (TPSA) is 344 Å². The minimum absolute atomic E-state index is 0.0998. The van der Waals surface area contributed by atoms with E-state index in [1.54, 1.807) is 65.6 Å². The van der Waals surface area contributed by atoms with E-state index in [2.05, 4.69) is 31.7 Å². The smallest absolute Gasteiger partial charge is 0.410 e. The number of benzene rings is 2. The van der Waals surface area contributed by atoms with Crippen LogP contribution in [0.5, 0.6) is 0 Å². The highest BCUT2D eigenvalue weighted by Crippen LogP contribution is 2.30. The summed E-state index contributed by atoms with van der Waals surface area (Å²) < 4.78 is 17.6. The Kier molecular flexibility index (Phi) is 29.4. The minimum Gasteiger partial charge on any atom is -0.481 e. The standard InChI is InChI=1S/C57H90N9O16P/c1-13-33(6)48(43(80-11)27-44(69)66-25-17-20-42(66)50(81-12)34(7)51(73)58-35(8)49(72)37-18-15-14-16-19-37)64(9)56(78)46(31(2)3)62-55(77)47(32(4)5)65(10)57(79)82-30-36-21-23-38(24-22-36)59-52(74)39(26-45(70)71)60-53(75)40(28-67)61-54(76)41(29-68)63-83/h14-16,18-19,21-24,31-35,39-43,46-50,63,67-68,72H,13,17,20,25-30,83H2,1-12H3,(H,58,73)(H,59,74)(H,60,75)(H,61,76)(H,62,77)(H,70,71)/t33-,34+,35+,39-,40-,41+,42-,43+,46-,47-,48-,49+,50+/m0/s1. The Labute approximate surface area is 489 Å². The zero-order chi connectivity index (χ0) is 62.4. The summed E-state index contributed by atoms with van der Waals surface area (Å²) in [7, 11) is 8.03. The van der Waals surface area contributed by atoms with Crippen LogP contribution in [-0.2, 0) is 59.2 Å². The van der Waals surface area contributed by atoms with E-state index in [1.807, 2.05) is 41.4 Å². The number of ether oxygens (including phenoxy) is 3. The molecule has 83 heavy (non-hydrogen) atoms. The maximum absolute atomic E-state index is 14.7. The second-order valence-corrected chi connectivity index (χ2v) is 22.2. The Morgan fingerprint density at radius 3 is 1.86 bits per heavy atom. The van der Waals surface area contributed by atoms with Crippen molar-refractivity contribution in [2.45, 2.75) is 161 Å². The monoisotopic (exact) mass is 1190 g/mol. The zero-order valence-electron chi connectivity index (χ0n) is 49.8. The number of nitrogens with one attached hydrogen (secondary N) is 6. The van der Waals surface area contributed by atoms with Gasteiger partial charge in [-0.05, 0) is 60.8 Å². The van der Waals surface area contributed by atoms with Crippen LogP contribution in [-0.4, -0.2) is 197 Å². The fourth-order valence-corrected chi connectivity index (χ4v) is 10.4. The van der Waals surface area contributed by atoms with E-state index < -0.39 is 146 Å². The molecule has 0 saturated carbocycles. The van der Waals surface area contributed by atoms with Gasteiger partial charge in [-0.15, -0.1) is 0 Å². The van der Waals surface area contributed by atoms with Crippen LogP contribution in [0.1, 0.15) is 105 Å². The van der Waals surface area contributed by atoms with Gasteiger partial charge in [0.05, 0.1) is 68.4 Å². The van der Waals surface area contributed by atoms with Crippen LogP contribution < -0.4 is 31.7 Å². The van der Waals surface area contributed by atoms with Crippen molar-refractivity contribution in [3.63, 3.8) is 0 Å². The van der Waals surface area contributed by atoms with Gasteiger partial charge in [0.1, 0.15) is 36.8 Å². The Bertz CT molecular complexity index is 2460. The molecule has 25 nitrogen and oxygen atoms in total. The summed E-state index contributed by atoms with van der Waals surface area (Å²) in [6.07, 6.45) is -2.35. The van der Waals surface area contributed by atoms with Gasteiger partial charge in [0.15, 0.2) is 0 Å². The summed E-state index contributed by atoms with van der Waals surface area (Å²) in [5.74, 6) is -7.69. The molecule has 0 radical (unpaired) electrons. The number of carboxylic acid groups (broad SMARTS) is 1. The number of aliphatic carboxylic acids is 1. The summed E-state index contributed by atoms with van der Waals surface area (Å²) in [6, 6.07) is 6.67. The molecule has 8 amide bonds. The third-order valence-corrected chi connectivity index (χ3v) is 15.6. The predicted octanol–water partition coefficient (Wildman–Crippen LogP) is 1.69. The number of aliphatic hydroxyl groups excluding tert-OH is 3. The number of likely N-dealkylation sites (N-methyl/N-ethyl adjacent to an activating group) is 2. The molecular formula is C57H90N9O16P. The van der Waals surface area contributed by atoms with Crippen molar-refractivity contribution in [2.24, 2.45) is 23.7 Å². The lowest BCUT2D eigenvalue weighted by Crippen LogP contribution is -2.60. The van der Waals surface area contributed by atoms with Crippen molar-refractivity contribution >= 4 is 68.5 Å². The maximum Gasteiger partial charge on any atom is 0.410 e. The lowest BCUT2D eigenvalue weighted by Gasteiger charge is -2.41. The molecule has 2 aromatic rings. The van der Waals surface area contributed by atoms with Gasteiger partial charge in [-0.2, -0.15) is 0 Å². The van der Waals surface area contributed by atoms with E-state index in [9.17, 15) is 63.6 Å². The quantitative estimate of drug-likeness (QED) is 0.0455. The van der Waals surface area contributed by atoms with E-state index in [-0.39, 0.29) is 36.4 Å². The van der Waals surface area contributed by atoms with Crippen molar-refractivity contribution in [3.8, 4) is 0 Å². The second kappa shape index (κ2) is 34.4. The number of methoxy groups -OCH3 is 2. The average Bonchev–Trinajstić information content (AvgIpc) is 4.23. The Balaban J connectivity index is 1.70. The molecule has 464 valence electrons. The number of aliphatic hydroxyl groups is 3. The van der Waals surface area contributed by atoms with Crippen LogP contribution in [0.3, 0.4) is 0 Å². The molecule has 1 fully saturated rings. The molecule has 0 bridgehead atoms. The van der Waals surface area contributed by atoms with Gasteiger partial charge in [-0.25, -0.2) is 4.79 Å². The molecule has 0 spiro atoms. The van der Waals surface area contributed by atoms with Crippen molar-refractivity contribution in [3.05, 3.63) is 65.7 Å². The molecule has 26 heteroatoms. The number of hydrogen-bond donors (Lipinski definition) is 10. The summed E-state index contributed by atoms with van der Waals surface area (Å²) in [5.41, 5.74) is 1.29. The number of anilines is 1. The first kappa shape index (κ1) is 70.9. The fourth-order valence-electron chi connectivity index (χ4n) is 10.2. The molecule has 3 rings (SSSR count). The fraction of sp³-hybridized carbons (Fsp3) is 0.632. The van der Waals surface area contributed by atoms with Crippen LogP contribution in [0.4, 0.5) is 10.5 Å². The third kappa shape index (κ3) is 20.2. The number of carbonyl (C=O) groups is 9. The molecule has 14 atom stereocenters. The molecule has 1 aliphatic rings. The average molecular weight is 1190 g/mol. The highest BCUT2D eigenvalue weighted by molar-refractivity contribution is 7.13. The van der Waals surface area contributed by atoms with Gasteiger partial charge in [-0.3, -0.25) is 48.3 Å². The molecule has 10 N–H and O–H groups in total.